The van der Waals surface area contributed by atoms with Crippen molar-refractivity contribution >= 4 is 11.7 Å². The van der Waals surface area contributed by atoms with Gasteiger partial charge in [0, 0.05) is 18.8 Å². The molecular formula is C14H20N6O. The first kappa shape index (κ1) is 15.0. The summed E-state index contributed by atoms with van der Waals surface area (Å²) >= 11 is 0. The number of benzene rings is 1. The smallest absolute Gasteiger partial charge is 0.319 e. The Labute approximate surface area is 123 Å². The highest BCUT2D eigenvalue weighted by atomic mass is 16.2. The van der Waals surface area contributed by atoms with E-state index in [1.54, 1.807) is 10.9 Å². The van der Waals surface area contributed by atoms with Crippen molar-refractivity contribution in [1.82, 2.24) is 20.1 Å². The fourth-order valence-electron chi connectivity index (χ4n) is 1.98. The van der Waals surface area contributed by atoms with Gasteiger partial charge in [-0.1, -0.05) is 12.1 Å². The fourth-order valence-corrected chi connectivity index (χ4v) is 1.98. The highest BCUT2D eigenvalue weighted by Crippen LogP contribution is 2.14. The van der Waals surface area contributed by atoms with E-state index in [4.69, 9.17) is 5.73 Å². The molecule has 7 nitrogen and oxygen atoms in total. The van der Waals surface area contributed by atoms with Crippen molar-refractivity contribution in [2.24, 2.45) is 12.8 Å². The Bertz CT molecular complexity index is 604. The first-order valence-electron chi connectivity index (χ1n) is 6.74. The van der Waals surface area contributed by atoms with Crippen LogP contribution in [0.3, 0.4) is 0 Å². The fraction of sp³-hybridized carbons (Fsp3) is 0.357. The predicted molar refractivity (Wildman–Crippen MR) is 80.6 cm³/mol. The summed E-state index contributed by atoms with van der Waals surface area (Å²) in [6.45, 7) is 3.76. The van der Waals surface area contributed by atoms with Gasteiger partial charge in [0.05, 0.1) is 6.04 Å². The molecule has 1 aromatic heterocycles. The predicted octanol–water partition coefficient (Wildman–Crippen LogP) is 1.72. The monoisotopic (exact) mass is 288 g/mol. The molecule has 1 aromatic carbocycles. The van der Waals surface area contributed by atoms with Gasteiger partial charge in [0.1, 0.15) is 6.33 Å². The highest BCUT2D eigenvalue weighted by molar-refractivity contribution is 5.89. The van der Waals surface area contributed by atoms with E-state index in [-0.39, 0.29) is 18.1 Å². The normalized spacial score (nSPS) is 13.5. The zero-order valence-electron chi connectivity index (χ0n) is 12.4. The second kappa shape index (κ2) is 6.36. The molecule has 2 unspecified atom stereocenters. The molecule has 112 valence electrons. The van der Waals surface area contributed by atoms with Crippen molar-refractivity contribution in [1.29, 1.82) is 0 Å². The van der Waals surface area contributed by atoms with Gasteiger partial charge >= 0.3 is 6.03 Å². The van der Waals surface area contributed by atoms with Crippen molar-refractivity contribution in [2.75, 3.05) is 5.32 Å². The van der Waals surface area contributed by atoms with Gasteiger partial charge in [-0.25, -0.2) is 4.79 Å². The van der Waals surface area contributed by atoms with Gasteiger partial charge in [-0.2, -0.15) is 0 Å². The Morgan fingerprint density at radius 3 is 2.48 bits per heavy atom. The molecular weight excluding hydrogens is 268 g/mol. The zero-order chi connectivity index (χ0) is 15.4. The van der Waals surface area contributed by atoms with Crippen LogP contribution >= 0.6 is 0 Å². The van der Waals surface area contributed by atoms with Gasteiger partial charge in [-0.3, -0.25) is 0 Å². The van der Waals surface area contributed by atoms with E-state index >= 15 is 0 Å². The van der Waals surface area contributed by atoms with Crippen LogP contribution in [0.2, 0.25) is 0 Å². The summed E-state index contributed by atoms with van der Waals surface area (Å²) in [5, 5.41) is 13.3. The molecule has 0 fully saturated rings. The lowest BCUT2D eigenvalue weighted by molar-refractivity contribution is 0.248. The maximum absolute atomic E-state index is 11.9. The lowest BCUT2D eigenvalue weighted by Gasteiger charge is -2.14. The summed E-state index contributed by atoms with van der Waals surface area (Å²) in [6.07, 6.45) is 1.60. The number of aryl methyl sites for hydroxylation is 1. The maximum atomic E-state index is 11.9. The summed E-state index contributed by atoms with van der Waals surface area (Å²) < 4.78 is 1.77. The third kappa shape index (κ3) is 3.79. The minimum atomic E-state index is -0.293. The maximum Gasteiger partial charge on any atom is 0.319 e. The van der Waals surface area contributed by atoms with Crippen LogP contribution in [0.5, 0.6) is 0 Å². The summed E-state index contributed by atoms with van der Waals surface area (Å²) in [4.78, 5) is 11.9. The molecule has 1 heterocycles. The lowest BCUT2D eigenvalue weighted by Crippen LogP contribution is -2.32. The first-order chi connectivity index (χ1) is 9.97. The van der Waals surface area contributed by atoms with Gasteiger partial charge in [0.2, 0.25) is 0 Å². The summed E-state index contributed by atoms with van der Waals surface area (Å²) in [6, 6.07) is 6.89. The Hall–Kier alpha value is -2.41. The number of hydrogen-bond acceptors (Lipinski definition) is 4. The van der Waals surface area contributed by atoms with E-state index in [0.29, 0.717) is 11.5 Å². The summed E-state index contributed by atoms with van der Waals surface area (Å²) in [7, 11) is 1.83. The van der Waals surface area contributed by atoms with Crippen LogP contribution in [0.15, 0.2) is 30.6 Å². The number of rotatable bonds is 4. The molecule has 7 heteroatoms. The van der Waals surface area contributed by atoms with Crippen molar-refractivity contribution in [3.05, 3.63) is 42.0 Å². The van der Waals surface area contributed by atoms with E-state index in [2.05, 4.69) is 20.8 Å². The molecule has 21 heavy (non-hydrogen) atoms. The topological polar surface area (TPSA) is 97.9 Å². The van der Waals surface area contributed by atoms with Crippen molar-refractivity contribution in [2.45, 2.75) is 25.9 Å². The molecule has 2 rings (SSSR count). The van der Waals surface area contributed by atoms with Gasteiger partial charge in [-0.05, 0) is 31.5 Å². The summed E-state index contributed by atoms with van der Waals surface area (Å²) in [5.41, 5.74) is 7.52. The van der Waals surface area contributed by atoms with Crippen molar-refractivity contribution < 1.29 is 4.79 Å². The van der Waals surface area contributed by atoms with Crippen LogP contribution in [0.25, 0.3) is 0 Å². The van der Waals surface area contributed by atoms with E-state index in [0.717, 1.165) is 5.56 Å². The van der Waals surface area contributed by atoms with E-state index in [1.807, 2.05) is 45.2 Å². The molecule has 0 bridgehead atoms. The Morgan fingerprint density at radius 1 is 1.29 bits per heavy atom. The Balaban J connectivity index is 1.94. The lowest BCUT2D eigenvalue weighted by atomic mass is 10.1. The standard InChI is InChI=1S/C14H20N6O/c1-9(15)11-4-6-12(7-5-11)18-14(21)17-10(2)13-19-16-8-20(13)3/h4-10H,15H2,1-3H3,(H2,17,18,21). The molecule has 4 N–H and O–H groups in total. The molecule has 0 aliphatic heterocycles. The molecule has 0 aliphatic carbocycles. The number of carbonyl (C=O) groups excluding carboxylic acids is 1. The summed E-state index contributed by atoms with van der Waals surface area (Å²) in [5.74, 6) is 0.692. The van der Waals surface area contributed by atoms with Crippen molar-refractivity contribution in [3.63, 3.8) is 0 Å². The molecule has 0 radical (unpaired) electrons. The van der Waals surface area contributed by atoms with E-state index < -0.39 is 0 Å². The average molecular weight is 288 g/mol. The van der Waals surface area contributed by atoms with E-state index in [9.17, 15) is 4.79 Å². The molecule has 0 aliphatic rings. The number of nitrogens with zero attached hydrogens (tertiary/aromatic N) is 3. The van der Waals surface area contributed by atoms with E-state index in [1.165, 1.54) is 0 Å². The number of nitrogens with one attached hydrogen (secondary N) is 2. The van der Waals surface area contributed by atoms with Gasteiger partial charge in [0.25, 0.3) is 0 Å². The van der Waals surface area contributed by atoms with Crippen LogP contribution < -0.4 is 16.4 Å². The second-order valence-electron chi connectivity index (χ2n) is 5.03. The number of aromatic nitrogens is 3. The largest absolute Gasteiger partial charge is 0.328 e. The molecule has 2 atom stereocenters. The second-order valence-corrected chi connectivity index (χ2v) is 5.03. The molecule has 0 saturated carbocycles. The van der Waals surface area contributed by atoms with Crippen LogP contribution in [-0.4, -0.2) is 20.8 Å². The molecule has 2 aromatic rings. The number of urea groups is 1. The number of nitrogens with two attached hydrogens (primary N) is 1. The van der Waals surface area contributed by atoms with Crippen LogP contribution in [0.4, 0.5) is 10.5 Å². The van der Waals surface area contributed by atoms with Gasteiger partial charge < -0.3 is 20.9 Å². The van der Waals surface area contributed by atoms with Crippen LogP contribution in [0.1, 0.15) is 37.3 Å². The minimum absolute atomic E-state index is 0.0242. The number of anilines is 1. The number of hydrogen-bond donors (Lipinski definition) is 3. The number of carbonyl (C=O) groups is 1. The molecule has 0 spiro atoms. The minimum Gasteiger partial charge on any atom is -0.328 e. The first-order valence-corrected chi connectivity index (χ1v) is 6.74. The molecule has 0 saturated heterocycles. The van der Waals surface area contributed by atoms with Crippen LogP contribution in [-0.2, 0) is 7.05 Å². The molecule has 2 amide bonds. The highest BCUT2D eigenvalue weighted by Gasteiger charge is 2.14. The quantitative estimate of drug-likeness (QED) is 0.797. The Morgan fingerprint density at radius 2 is 1.95 bits per heavy atom. The average Bonchev–Trinajstić information content (AvgIpc) is 2.85. The SMILES string of the molecule is CC(N)c1ccc(NC(=O)NC(C)c2nncn2C)cc1. The van der Waals surface area contributed by atoms with Gasteiger partial charge in [0.15, 0.2) is 5.82 Å². The third-order valence-corrected chi connectivity index (χ3v) is 3.18. The number of amides is 2. The Kier molecular flexibility index (Phi) is 4.54. The third-order valence-electron chi connectivity index (χ3n) is 3.18. The van der Waals surface area contributed by atoms with Crippen LogP contribution in [0, 0.1) is 0 Å². The van der Waals surface area contributed by atoms with Crippen molar-refractivity contribution in [3.8, 4) is 0 Å². The zero-order valence-corrected chi connectivity index (χ0v) is 12.4. The van der Waals surface area contributed by atoms with Gasteiger partial charge in [-0.15, -0.1) is 10.2 Å².